The molecule has 0 aromatic carbocycles. The van der Waals surface area contributed by atoms with Gasteiger partial charge in [0.1, 0.15) is 11.9 Å². The largest absolute Gasteiger partial charge is 0.443 e. The zero-order valence-electron chi connectivity index (χ0n) is 14.4. The Hall–Kier alpha value is -1.65. The van der Waals surface area contributed by atoms with Gasteiger partial charge in [0.15, 0.2) is 5.78 Å². The Kier molecular flexibility index (Phi) is 5.54. The highest BCUT2D eigenvalue weighted by molar-refractivity contribution is 5.99. The highest BCUT2D eigenvalue weighted by atomic mass is 16.6. The van der Waals surface area contributed by atoms with Crippen LogP contribution in [0.25, 0.3) is 0 Å². The normalized spacial score (nSPS) is 21.9. The summed E-state index contributed by atoms with van der Waals surface area (Å²) in [7, 11) is 0. The second-order valence-electron chi connectivity index (χ2n) is 7.42. The molecule has 0 radical (unpaired) electrons. The molecule has 1 atom stereocenters. The zero-order valence-corrected chi connectivity index (χ0v) is 14.4. The number of amides is 1. The summed E-state index contributed by atoms with van der Waals surface area (Å²) in [6, 6.07) is 0. The van der Waals surface area contributed by atoms with Crippen LogP contribution in [0.4, 0.5) is 4.79 Å². The third-order valence-electron chi connectivity index (χ3n) is 3.81. The lowest BCUT2D eigenvalue weighted by Crippen LogP contribution is -2.41. The average molecular weight is 309 g/mol. The molecule has 1 aliphatic rings. The van der Waals surface area contributed by atoms with Gasteiger partial charge in [-0.25, -0.2) is 4.79 Å². The molecule has 0 saturated carbocycles. The van der Waals surface area contributed by atoms with E-state index < -0.39 is 23.0 Å². The molecule has 0 N–H and O–H groups in total. The maximum Gasteiger partial charge on any atom is 0.414 e. The number of nitrogens with zero attached hydrogens (tertiary/aromatic N) is 1. The lowest BCUT2D eigenvalue weighted by molar-refractivity contribution is -0.125. The molecule has 5 nitrogen and oxygen atoms in total. The number of hydrogen-bond acceptors (Lipinski definition) is 4. The molecule has 0 saturated heterocycles. The van der Waals surface area contributed by atoms with E-state index in [9.17, 15) is 14.4 Å². The number of carbonyl (C=O) groups is 3. The van der Waals surface area contributed by atoms with E-state index in [-0.39, 0.29) is 12.2 Å². The van der Waals surface area contributed by atoms with Crippen LogP contribution in [0.3, 0.4) is 0 Å². The Bertz CT molecular complexity index is 485. The number of allylic oxidation sites excluding steroid dienone is 1. The number of carbonyl (C=O) groups excluding carboxylic acids is 3. The van der Waals surface area contributed by atoms with Gasteiger partial charge in [-0.1, -0.05) is 20.8 Å². The Morgan fingerprint density at radius 2 is 2.05 bits per heavy atom. The van der Waals surface area contributed by atoms with Crippen molar-refractivity contribution in [2.45, 2.75) is 60.0 Å². The van der Waals surface area contributed by atoms with Crippen molar-refractivity contribution in [2.24, 2.45) is 11.3 Å². The molecule has 0 aliphatic carbocycles. The van der Waals surface area contributed by atoms with E-state index in [1.807, 2.05) is 20.8 Å². The van der Waals surface area contributed by atoms with Crippen LogP contribution in [0.2, 0.25) is 0 Å². The Morgan fingerprint density at radius 3 is 2.50 bits per heavy atom. The highest BCUT2D eigenvalue weighted by Gasteiger charge is 2.41. The number of aldehydes is 1. The quantitative estimate of drug-likeness (QED) is 0.750. The van der Waals surface area contributed by atoms with Crippen LogP contribution in [0.1, 0.15) is 54.4 Å². The molecule has 0 fully saturated rings. The third kappa shape index (κ3) is 4.42. The molecule has 0 bridgehead atoms. The van der Waals surface area contributed by atoms with Gasteiger partial charge >= 0.3 is 6.09 Å². The van der Waals surface area contributed by atoms with E-state index in [4.69, 9.17) is 4.74 Å². The summed E-state index contributed by atoms with van der Waals surface area (Å²) in [5.41, 5.74) is -0.536. The molecule has 5 heteroatoms. The number of Topliss-reactive ketones (excluding diaryl/α,β-unsaturated/α-hetero) is 1. The molecule has 1 heterocycles. The van der Waals surface area contributed by atoms with E-state index in [0.717, 1.165) is 6.29 Å². The third-order valence-corrected chi connectivity index (χ3v) is 3.81. The molecule has 124 valence electrons. The summed E-state index contributed by atoms with van der Waals surface area (Å²) in [4.78, 5) is 37.4. The van der Waals surface area contributed by atoms with Crippen molar-refractivity contribution in [3.63, 3.8) is 0 Å². The van der Waals surface area contributed by atoms with Gasteiger partial charge in [0.25, 0.3) is 0 Å². The Labute approximate surface area is 132 Å². The maximum absolute atomic E-state index is 12.6. The van der Waals surface area contributed by atoms with Crippen LogP contribution in [0.15, 0.2) is 11.8 Å². The van der Waals surface area contributed by atoms with E-state index in [0.29, 0.717) is 18.5 Å². The second kappa shape index (κ2) is 6.63. The fraction of sp³-hybridized carbons (Fsp3) is 0.706. The fourth-order valence-electron chi connectivity index (χ4n) is 2.65. The van der Waals surface area contributed by atoms with Crippen molar-refractivity contribution < 1.29 is 19.1 Å². The number of ether oxygens (including phenoxy) is 1. The average Bonchev–Trinajstić information content (AvgIpc) is 2.45. The van der Waals surface area contributed by atoms with Gasteiger partial charge in [0.05, 0.1) is 0 Å². The van der Waals surface area contributed by atoms with Crippen molar-refractivity contribution in [3.05, 3.63) is 11.8 Å². The van der Waals surface area contributed by atoms with Crippen LogP contribution >= 0.6 is 0 Å². The number of rotatable bonds is 3. The fourth-order valence-corrected chi connectivity index (χ4v) is 2.65. The summed E-state index contributed by atoms with van der Waals surface area (Å²) >= 11 is 0. The first-order chi connectivity index (χ1) is 10.0. The molecule has 0 aromatic rings. The van der Waals surface area contributed by atoms with E-state index in [1.165, 1.54) is 4.90 Å². The maximum atomic E-state index is 12.6. The summed E-state index contributed by atoms with van der Waals surface area (Å²) in [5, 5.41) is 0. The lowest BCUT2D eigenvalue weighted by atomic mass is 9.73. The first kappa shape index (κ1) is 18.4. The van der Waals surface area contributed by atoms with Gasteiger partial charge in [-0.15, -0.1) is 0 Å². The van der Waals surface area contributed by atoms with Crippen LogP contribution in [-0.2, 0) is 14.3 Å². The Morgan fingerprint density at radius 1 is 1.45 bits per heavy atom. The summed E-state index contributed by atoms with van der Waals surface area (Å²) in [6.45, 7) is 11.4. The minimum absolute atomic E-state index is 0.0503. The van der Waals surface area contributed by atoms with Crippen LogP contribution in [0.5, 0.6) is 0 Å². The number of ketones is 1. The summed E-state index contributed by atoms with van der Waals surface area (Å²) in [6.07, 6.45) is 2.59. The van der Waals surface area contributed by atoms with Crippen LogP contribution in [0, 0.1) is 11.3 Å². The Balaban J connectivity index is 3.16. The monoisotopic (exact) mass is 309 g/mol. The molecule has 1 aliphatic heterocycles. The van der Waals surface area contributed by atoms with Crippen molar-refractivity contribution in [3.8, 4) is 0 Å². The van der Waals surface area contributed by atoms with Crippen molar-refractivity contribution in [1.29, 1.82) is 0 Å². The highest BCUT2D eigenvalue weighted by Crippen LogP contribution is 2.36. The van der Waals surface area contributed by atoms with Crippen LogP contribution < -0.4 is 0 Å². The first-order valence-corrected chi connectivity index (χ1v) is 7.70. The predicted molar refractivity (Wildman–Crippen MR) is 84.3 cm³/mol. The molecule has 0 spiro atoms. The van der Waals surface area contributed by atoms with Gasteiger partial charge in [-0.2, -0.15) is 0 Å². The van der Waals surface area contributed by atoms with Crippen LogP contribution in [-0.4, -0.2) is 35.2 Å². The smallest absolute Gasteiger partial charge is 0.414 e. The minimum atomic E-state index is -0.597. The minimum Gasteiger partial charge on any atom is -0.443 e. The molecule has 0 aromatic heterocycles. The van der Waals surface area contributed by atoms with Gasteiger partial charge < -0.3 is 9.53 Å². The molecular formula is C17H27NO4. The van der Waals surface area contributed by atoms with E-state index in [1.54, 1.807) is 27.0 Å². The van der Waals surface area contributed by atoms with E-state index >= 15 is 0 Å². The van der Waals surface area contributed by atoms with Gasteiger partial charge in [0.2, 0.25) is 0 Å². The van der Waals surface area contributed by atoms with Crippen molar-refractivity contribution in [1.82, 2.24) is 4.90 Å². The van der Waals surface area contributed by atoms with Crippen molar-refractivity contribution >= 4 is 18.2 Å². The van der Waals surface area contributed by atoms with Gasteiger partial charge in [-0.3, -0.25) is 9.69 Å². The summed E-state index contributed by atoms with van der Waals surface area (Å²) < 4.78 is 5.41. The zero-order chi connectivity index (χ0) is 17.1. The lowest BCUT2D eigenvalue weighted by Gasteiger charge is -2.34. The summed E-state index contributed by atoms with van der Waals surface area (Å²) in [5.74, 6) is -0.464. The van der Waals surface area contributed by atoms with Crippen molar-refractivity contribution in [2.75, 3.05) is 6.54 Å². The topological polar surface area (TPSA) is 63.7 Å². The first-order valence-electron chi connectivity index (χ1n) is 7.70. The van der Waals surface area contributed by atoms with Gasteiger partial charge in [-0.05, 0) is 32.6 Å². The predicted octanol–water partition coefficient (Wildman–Crippen LogP) is 3.33. The molecule has 22 heavy (non-hydrogen) atoms. The number of hydrogen-bond donors (Lipinski definition) is 0. The SMILES string of the molecule is CCC1=CN(C(=O)OC(C)(C)C)CC(C)(C)C(CC=O)C1=O. The van der Waals surface area contributed by atoms with E-state index in [2.05, 4.69) is 0 Å². The molecule has 1 amide bonds. The molecule has 1 rings (SSSR count). The van der Waals surface area contributed by atoms with Gasteiger partial charge in [0, 0.05) is 30.7 Å². The molecular weight excluding hydrogens is 282 g/mol. The second-order valence-corrected chi connectivity index (χ2v) is 7.42. The standard InChI is InChI=1S/C17H27NO4/c1-7-12-10-18(15(21)22-16(2,3)4)11-17(5,6)13(8-9-19)14(12)20/h9-10,13H,7-8,11H2,1-6H3. The molecule has 1 unspecified atom stereocenters.